The molecule has 0 saturated carbocycles. The minimum atomic E-state index is -0.647. The number of hydrogen-bond acceptors (Lipinski definition) is 5. The second-order valence-electron chi connectivity index (χ2n) is 7.49. The molecule has 0 aliphatic rings. The van der Waals surface area contributed by atoms with Crippen LogP contribution in [0.5, 0.6) is 11.5 Å². The van der Waals surface area contributed by atoms with Gasteiger partial charge in [0.05, 0.1) is 0 Å². The number of phenols is 1. The molecule has 0 saturated heterocycles. The molecule has 0 heterocycles. The number of benzene rings is 3. The fourth-order valence-corrected chi connectivity index (χ4v) is 3.15. The Morgan fingerprint density at radius 1 is 1.00 bits per heavy atom. The van der Waals surface area contributed by atoms with Crippen LogP contribution >= 0.6 is 11.6 Å². The first-order valence-electron chi connectivity index (χ1n) is 10.3. The third kappa shape index (κ3) is 6.61. The monoisotopic (exact) mass is 475 g/mol. The first-order chi connectivity index (χ1) is 16.2. The Hall–Kier alpha value is -4.28. The molecule has 0 aliphatic heterocycles. The van der Waals surface area contributed by atoms with Crippen molar-refractivity contribution in [1.29, 1.82) is 5.26 Å². The van der Waals surface area contributed by atoms with E-state index >= 15 is 0 Å². The molecule has 0 bridgehead atoms. The molecule has 3 aromatic carbocycles. The number of halogens is 1. The molecule has 2 amide bonds. The third-order valence-corrected chi connectivity index (χ3v) is 5.15. The number of rotatable bonds is 7. The van der Waals surface area contributed by atoms with Crippen molar-refractivity contribution in [3.63, 3.8) is 0 Å². The van der Waals surface area contributed by atoms with Crippen molar-refractivity contribution in [2.75, 3.05) is 17.2 Å². The van der Waals surface area contributed by atoms with Crippen molar-refractivity contribution in [3.8, 4) is 17.6 Å². The molecule has 172 valence electrons. The number of carbonyl (C=O) groups is 2. The number of nitrogens with zero attached hydrogens (tertiary/aromatic N) is 1. The maximum Gasteiger partial charge on any atom is 0.266 e. The lowest BCUT2D eigenvalue weighted by Gasteiger charge is -2.11. The van der Waals surface area contributed by atoms with Crippen molar-refractivity contribution < 1.29 is 19.4 Å². The van der Waals surface area contributed by atoms with E-state index in [1.807, 2.05) is 38.1 Å². The summed E-state index contributed by atoms with van der Waals surface area (Å²) >= 11 is 6.09. The van der Waals surface area contributed by atoms with Crippen LogP contribution in [-0.2, 0) is 9.59 Å². The van der Waals surface area contributed by atoms with Gasteiger partial charge in [-0.15, -0.1) is 0 Å². The molecule has 0 unspecified atom stereocenters. The molecule has 34 heavy (non-hydrogen) atoms. The molecular formula is C26H22ClN3O4. The van der Waals surface area contributed by atoms with Gasteiger partial charge in [0.2, 0.25) is 0 Å². The number of hydrogen-bond donors (Lipinski definition) is 3. The Kier molecular flexibility index (Phi) is 7.91. The number of nitriles is 1. The van der Waals surface area contributed by atoms with Gasteiger partial charge in [0, 0.05) is 22.0 Å². The Morgan fingerprint density at radius 3 is 2.38 bits per heavy atom. The van der Waals surface area contributed by atoms with E-state index in [2.05, 4.69) is 10.6 Å². The Labute approximate surface area is 202 Å². The van der Waals surface area contributed by atoms with E-state index in [-0.39, 0.29) is 29.6 Å². The summed E-state index contributed by atoms with van der Waals surface area (Å²) in [6, 6.07) is 18.0. The fourth-order valence-electron chi connectivity index (χ4n) is 2.97. The van der Waals surface area contributed by atoms with E-state index in [0.29, 0.717) is 22.0 Å². The SMILES string of the molecule is Cc1ccc(NC(=O)COc2ccc(Cl)cc2/C=C(\C#N)C(=O)Nc2ccc(O)cc2)cc1C. The lowest BCUT2D eigenvalue weighted by molar-refractivity contribution is -0.118. The van der Waals surface area contributed by atoms with Gasteiger partial charge in [0.25, 0.3) is 11.8 Å². The molecule has 7 nitrogen and oxygen atoms in total. The zero-order valence-electron chi connectivity index (χ0n) is 18.6. The van der Waals surface area contributed by atoms with E-state index in [0.717, 1.165) is 11.1 Å². The summed E-state index contributed by atoms with van der Waals surface area (Å²) in [5, 5.41) is 24.6. The Morgan fingerprint density at radius 2 is 1.71 bits per heavy atom. The predicted molar refractivity (Wildman–Crippen MR) is 132 cm³/mol. The summed E-state index contributed by atoms with van der Waals surface area (Å²) in [5.74, 6) is -0.675. The highest BCUT2D eigenvalue weighted by molar-refractivity contribution is 6.30. The van der Waals surface area contributed by atoms with E-state index in [9.17, 15) is 20.0 Å². The van der Waals surface area contributed by atoms with Gasteiger partial charge < -0.3 is 20.5 Å². The molecule has 0 aliphatic carbocycles. The van der Waals surface area contributed by atoms with E-state index < -0.39 is 5.91 Å². The van der Waals surface area contributed by atoms with Gasteiger partial charge in [-0.3, -0.25) is 9.59 Å². The van der Waals surface area contributed by atoms with Crippen LogP contribution in [0.25, 0.3) is 6.08 Å². The summed E-state index contributed by atoms with van der Waals surface area (Å²) in [7, 11) is 0. The quantitative estimate of drug-likeness (QED) is 0.246. The average Bonchev–Trinajstić information content (AvgIpc) is 2.80. The largest absolute Gasteiger partial charge is 0.508 e. The van der Waals surface area contributed by atoms with Crippen LogP contribution < -0.4 is 15.4 Å². The van der Waals surface area contributed by atoms with Crippen LogP contribution in [0.1, 0.15) is 16.7 Å². The molecule has 3 aromatic rings. The molecule has 0 fully saturated rings. The second-order valence-corrected chi connectivity index (χ2v) is 7.93. The predicted octanol–water partition coefficient (Wildman–Crippen LogP) is 5.23. The van der Waals surface area contributed by atoms with Crippen molar-refractivity contribution in [1.82, 2.24) is 0 Å². The van der Waals surface area contributed by atoms with Crippen LogP contribution in [0, 0.1) is 25.2 Å². The number of aryl methyl sites for hydroxylation is 2. The highest BCUT2D eigenvalue weighted by atomic mass is 35.5. The number of amides is 2. The average molecular weight is 476 g/mol. The molecule has 0 atom stereocenters. The van der Waals surface area contributed by atoms with E-state index in [4.69, 9.17) is 16.3 Å². The third-order valence-electron chi connectivity index (χ3n) is 4.91. The van der Waals surface area contributed by atoms with Gasteiger partial charge in [0.15, 0.2) is 6.61 Å². The summed E-state index contributed by atoms with van der Waals surface area (Å²) in [5.41, 5.74) is 3.41. The highest BCUT2D eigenvalue weighted by Crippen LogP contribution is 2.26. The number of ether oxygens (including phenoxy) is 1. The van der Waals surface area contributed by atoms with Crippen molar-refractivity contribution in [2.24, 2.45) is 0 Å². The zero-order valence-corrected chi connectivity index (χ0v) is 19.3. The van der Waals surface area contributed by atoms with Gasteiger partial charge in [-0.05, 0) is 85.6 Å². The van der Waals surface area contributed by atoms with Crippen LogP contribution in [0.15, 0.2) is 66.2 Å². The van der Waals surface area contributed by atoms with Gasteiger partial charge in [-0.25, -0.2) is 0 Å². The molecular weight excluding hydrogens is 454 g/mol. The zero-order chi connectivity index (χ0) is 24.7. The van der Waals surface area contributed by atoms with Crippen molar-refractivity contribution in [2.45, 2.75) is 13.8 Å². The topological polar surface area (TPSA) is 111 Å². The number of anilines is 2. The van der Waals surface area contributed by atoms with Crippen molar-refractivity contribution >= 4 is 40.9 Å². The minimum Gasteiger partial charge on any atom is -0.508 e. The number of nitrogens with one attached hydrogen (secondary N) is 2. The van der Waals surface area contributed by atoms with Gasteiger partial charge >= 0.3 is 0 Å². The number of phenolic OH excluding ortho intramolecular Hbond substituents is 1. The first kappa shape index (κ1) is 24.4. The van der Waals surface area contributed by atoms with Gasteiger partial charge in [-0.1, -0.05) is 17.7 Å². The highest BCUT2D eigenvalue weighted by Gasteiger charge is 2.13. The summed E-state index contributed by atoms with van der Waals surface area (Å²) in [6.45, 7) is 3.66. The van der Waals surface area contributed by atoms with Crippen molar-refractivity contribution in [3.05, 3.63) is 87.9 Å². The fraction of sp³-hybridized carbons (Fsp3) is 0.115. The number of aromatic hydroxyl groups is 1. The van der Waals surface area contributed by atoms with Crippen LogP contribution in [-0.4, -0.2) is 23.5 Å². The van der Waals surface area contributed by atoms with E-state index in [1.165, 1.54) is 36.4 Å². The molecule has 3 rings (SSSR count). The first-order valence-corrected chi connectivity index (χ1v) is 10.6. The van der Waals surface area contributed by atoms with Gasteiger partial charge in [0.1, 0.15) is 23.1 Å². The standard InChI is InChI=1S/C26H22ClN3O4/c1-16-3-5-22(11-17(16)2)29-25(32)15-34-24-10-4-20(27)13-18(24)12-19(14-28)26(33)30-21-6-8-23(31)9-7-21/h3-13,31H,15H2,1-2H3,(H,29,32)(H,30,33)/b19-12+. The molecule has 8 heteroatoms. The molecule has 3 N–H and O–H groups in total. The second kappa shape index (κ2) is 11.0. The summed E-state index contributed by atoms with van der Waals surface area (Å²) in [4.78, 5) is 24.9. The maximum absolute atomic E-state index is 12.5. The van der Waals surface area contributed by atoms with Crippen LogP contribution in [0.4, 0.5) is 11.4 Å². The lowest BCUT2D eigenvalue weighted by Crippen LogP contribution is -2.20. The summed E-state index contributed by atoms with van der Waals surface area (Å²) < 4.78 is 5.65. The van der Waals surface area contributed by atoms with Crippen LogP contribution in [0.3, 0.4) is 0 Å². The Bertz CT molecular complexity index is 1290. The number of carbonyl (C=O) groups excluding carboxylic acids is 2. The minimum absolute atomic E-state index is 0.0521. The molecule has 0 radical (unpaired) electrons. The smallest absolute Gasteiger partial charge is 0.266 e. The normalized spacial score (nSPS) is 10.8. The Balaban J connectivity index is 1.73. The lowest BCUT2D eigenvalue weighted by atomic mass is 10.1. The van der Waals surface area contributed by atoms with E-state index in [1.54, 1.807) is 12.1 Å². The maximum atomic E-state index is 12.5. The summed E-state index contributed by atoms with van der Waals surface area (Å²) in [6.07, 6.45) is 1.33. The molecule has 0 spiro atoms. The van der Waals surface area contributed by atoms with Gasteiger partial charge in [-0.2, -0.15) is 5.26 Å². The van der Waals surface area contributed by atoms with Crippen LogP contribution in [0.2, 0.25) is 5.02 Å². The molecule has 0 aromatic heterocycles.